The van der Waals surface area contributed by atoms with Gasteiger partial charge in [-0.25, -0.2) is 0 Å². The van der Waals surface area contributed by atoms with Crippen LogP contribution in [0, 0.1) is 0 Å². The summed E-state index contributed by atoms with van der Waals surface area (Å²) in [5.41, 5.74) is 6.90. The summed E-state index contributed by atoms with van der Waals surface area (Å²) in [5.74, 6) is -0.0447. The summed E-state index contributed by atoms with van der Waals surface area (Å²) in [4.78, 5) is 14.2. The summed E-state index contributed by atoms with van der Waals surface area (Å²) >= 11 is 5.89. The van der Waals surface area contributed by atoms with Crippen LogP contribution in [0.25, 0.3) is 0 Å². The Kier molecular flexibility index (Phi) is 6.82. The minimum atomic E-state index is -0.0447. The van der Waals surface area contributed by atoms with Crippen LogP contribution in [0.1, 0.15) is 33.1 Å². The summed E-state index contributed by atoms with van der Waals surface area (Å²) in [6, 6.07) is 5.58. The molecule has 0 bridgehead atoms. The molecule has 0 unspecified atom stereocenters. The number of nitrogens with one attached hydrogen (secondary N) is 1. The first-order chi connectivity index (χ1) is 9.47. The van der Waals surface area contributed by atoms with Crippen molar-refractivity contribution >= 4 is 28.9 Å². The number of anilines is 2. The lowest BCUT2D eigenvalue weighted by Crippen LogP contribution is -2.33. The number of nitrogens with zero attached hydrogens (tertiary/aromatic N) is 1. The van der Waals surface area contributed by atoms with Gasteiger partial charge >= 0.3 is 0 Å². The second-order valence-electron chi connectivity index (χ2n) is 4.98. The van der Waals surface area contributed by atoms with Crippen molar-refractivity contribution in [3.8, 4) is 0 Å². The van der Waals surface area contributed by atoms with Crippen molar-refractivity contribution < 1.29 is 4.79 Å². The highest BCUT2D eigenvalue weighted by Crippen LogP contribution is 2.23. The Labute approximate surface area is 126 Å². The minimum absolute atomic E-state index is 0.0447. The number of nitrogen functional groups attached to an aromatic ring is 1. The van der Waals surface area contributed by atoms with Crippen molar-refractivity contribution in [2.45, 2.75) is 39.2 Å². The van der Waals surface area contributed by atoms with Gasteiger partial charge in [0.15, 0.2) is 0 Å². The molecule has 0 fully saturated rings. The van der Waals surface area contributed by atoms with Gasteiger partial charge < -0.3 is 16.0 Å². The third-order valence-electron chi connectivity index (χ3n) is 3.55. The predicted molar refractivity (Wildman–Crippen MR) is 86.1 cm³/mol. The Morgan fingerprint density at radius 2 is 2.05 bits per heavy atom. The van der Waals surface area contributed by atoms with Gasteiger partial charge in [0.25, 0.3) is 0 Å². The molecule has 0 heterocycles. The minimum Gasteiger partial charge on any atom is -0.397 e. The number of benzene rings is 1. The summed E-state index contributed by atoms with van der Waals surface area (Å²) in [5, 5.41) is 3.37. The monoisotopic (exact) mass is 297 g/mol. The van der Waals surface area contributed by atoms with Crippen LogP contribution in [0.4, 0.5) is 11.4 Å². The van der Waals surface area contributed by atoms with E-state index in [4.69, 9.17) is 17.3 Å². The number of rotatable bonds is 7. The number of nitrogens with two attached hydrogens (primary N) is 1. The molecule has 20 heavy (non-hydrogen) atoms. The normalized spacial score (nSPS) is 11.1. The van der Waals surface area contributed by atoms with E-state index in [9.17, 15) is 4.79 Å². The van der Waals surface area contributed by atoms with Gasteiger partial charge in [0.05, 0.1) is 11.4 Å². The first-order valence-electron chi connectivity index (χ1n) is 7.03. The van der Waals surface area contributed by atoms with E-state index in [1.807, 2.05) is 0 Å². The maximum atomic E-state index is 11.9. The second-order valence-corrected chi connectivity index (χ2v) is 5.42. The zero-order valence-electron chi connectivity index (χ0n) is 12.4. The summed E-state index contributed by atoms with van der Waals surface area (Å²) in [6.45, 7) is 5.06. The molecule has 0 radical (unpaired) electrons. The molecular formula is C15H24ClN3O. The highest BCUT2D eigenvalue weighted by Gasteiger charge is 2.12. The third kappa shape index (κ3) is 5.02. The van der Waals surface area contributed by atoms with Gasteiger partial charge in [0.2, 0.25) is 5.91 Å². The summed E-state index contributed by atoms with van der Waals surface area (Å²) < 4.78 is 0. The standard InChI is InChI=1S/C15H24ClN3O/c1-4-12(5-2)19(3)9-8-15(20)18-14-10-11(16)6-7-13(14)17/h6-7,10,12H,4-5,8-9,17H2,1-3H3,(H,18,20). The SMILES string of the molecule is CCC(CC)N(C)CCC(=O)Nc1cc(Cl)ccc1N. The lowest BCUT2D eigenvalue weighted by atomic mass is 10.1. The average Bonchev–Trinajstić information content (AvgIpc) is 2.42. The maximum absolute atomic E-state index is 11.9. The van der Waals surface area contributed by atoms with Crippen LogP contribution in [-0.4, -0.2) is 30.4 Å². The Bertz CT molecular complexity index is 447. The van der Waals surface area contributed by atoms with Gasteiger partial charge in [0, 0.05) is 24.0 Å². The molecule has 112 valence electrons. The van der Waals surface area contributed by atoms with Crippen LogP contribution in [-0.2, 0) is 4.79 Å². The molecule has 0 aliphatic rings. The average molecular weight is 298 g/mol. The van der Waals surface area contributed by atoms with Crippen LogP contribution >= 0.6 is 11.6 Å². The molecule has 3 N–H and O–H groups in total. The van der Waals surface area contributed by atoms with E-state index in [2.05, 4.69) is 31.1 Å². The highest BCUT2D eigenvalue weighted by atomic mass is 35.5. The number of amides is 1. The molecule has 1 amide bonds. The van der Waals surface area contributed by atoms with Gasteiger partial charge in [-0.15, -0.1) is 0 Å². The molecule has 1 rings (SSSR count). The molecule has 0 aromatic heterocycles. The molecule has 0 atom stereocenters. The van der Waals surface area contributed by atoms with Gasteiger partial charge in [-0.3, -0.25) is 4.79 Å². The molecule has 5 heteroatoms. The smallest absolute Gasteiger partial charge is 0.225 e. The van der Waals surface area contributed by atoms with Crippen LogP contribution in [0.3, 0.4) is 0 Å². The van der Waals surface area contributed by atoms with Crippen molar-refractivity contribution in [3.63, 3.8) is 0 Å². The highest BCUT2D eigenvalue weighted by molar-refractivity contribution is 6.31. The summed E-state index contributed by atoms with van der Waals surface area (Å²) in [6.07, 6.45) is 2.63. The van der Waals surface area contributed by atoms with E-state index in [0.717, 1.165) is 19.4 Å². The second kappa shape index (κ2) is 8.12. The van der Waals surface area contributed by atoms with E-state index >= 15 is 0 Å². The first-order valence-corrected chi connectivity index (χ1v) is 7.40. The third-order valence-corrected chi connectivity index (χ3v) is 3.78. The molecule has 1 aromatic rings. The largest absolute Gasteiger partial charge is 0.397 e. The molecule has 0 spiro atoms. The quantitative estimate of drug-likeness (QED) is 0.759. The van der Waals surface area contributed by atoms with Crippen molar-refractivity contribution in [3.05, 3.63) is 23.2 Å². The number of carbonyl (C=O) groups is 1. The van der Waals surface area contributed by atoms with E-state index in [1.54, 1.807) is 18.2 Å². The van der Waals surface area contributed by atoms with Gasteiger partial charge in [-0.1, -0.05) is 25.4 Å². The van der Waals surface area contributed by atoms with E-state index in [0.29, 0.717) is 28.9 Å². The van der Waals surface area contributed by atoms with E-state index in [1.165, 1.54) is 0 Å². The number of hydrogen-bond acceptors (Lipinski definition) is 3. The lowest BCUT2D eigenvalue weighted by molar-refractivity contribution is -0.116. The van der Waals surface area contributed by atoms with Crippen molar-refractivity contribution in [1.82, 2.24) is 4.90 Å². The molecule has 0 aliphatic heterocycles. The van der Waals surface area contributed by atoms with Gasteiger partial charge in [-0.2, -0.15) is 0 Å². The van der Waals surface area contributed by atoms with E-state index in [-0.39, 0.29) is 5.91 Å². The maximum Gasteiger partial charge on any atom is 0.225 e. The topological polar surface area (TPSA) is 58.4 Å². The Balaban J connectivity index is 2.50. The number of hydrogen-bond donors (Lipinski definition) is 2. The summed E-state index contributed by atoms with van der Waals surface area (Å²) in [7, 11) is 2.05. The molecule has 4 nitrogen and oxygen atoms in total. The fourth-order valence-corrected chi connectivity index (χ4v) is 2.39. The fraction of sp³-hybridized carbons (Fsp3) is 0.533. The van der Waals surface area contributed by atoms with Crippen LogP contribution in [0.5, 0.6) is 0 Å². The van der Waals surface area contributed by atoms with Gasteiger partial charge in [-0.05, 0) is 38.1 Å². The zero-order valence-corrected chi connectivity index (χ0v) is 13.2. The fourth-order valence-electron chi connectivity index (χ4n) is 2.22. The Hall–Kier alpha value is -1.26. The van der Waals surface area contributed by atoms with Gasteiger partial charge in [0.1, 0.15) is 0 Å². The van der Waals surface area contributed by atoms with Crippen LogP contribution in [0.2, 0.25) is 5.02 Å². The predicted octanol–water partition coefficient (Wildman–Crippen LogP) is 3.37. The molecule has 1 aromatic carbocycles. The number of halogens is 1. The molecule has 0 saturated heterocycles. The zero-order chi connectivity index (χ0) is 15.1. The van der Waals surface area contributed by atoms with E-state index < -0.39 is 0 Å². The van der Waals surface area contributed by atoms with Crippen molar-refractivity contribution in [1.29, 1.82) is 0 Å². The molecule has 0 saturated carbocycles. The molecular weight excluding hydrogens is 274 g/mol. The Morgan fingerprint density at radius 3 is 2.65 bits per heavy atom. The van der Waals surface area contributed by atoms with Crippen molar-refractivity contribution in [2.75, 3.05) is 24.6 Å². The van der Waals surface area contributed by atoms with Crippen LogP contribution in [0.15, 0.2) is 18.2 Å². The lowest BCUT2D eigenvalue weighted by Gasteiger charge is -2.25. The number of carbonyl (C=O) groups excluding carboxylic acids is 1. The Morgan fingerprint density at radius 1 is 1.40 bits per heavy atom. The molecule has 0 aliphatic carbocycles. The van der Waals surface area contributed by atoms with Crippen LogP contribution < -0.4 is 11.1 Å². The first kappa shape index (κ1) is 16.8. The van der Waals surface area contributed by atoms with Crippen molar-refractivity contribution in [2.24, 2.45) is 0 Å².